The highest BCUT2D eigenvalue weighted by Crippen LogP contribution is 2.47. The minimum atomic E-state index is -2.23. The van der Waals surface area contributed by atoms with Gasteiger partial charge in [-0.05, 0) is 27.4 Å². The molecule has 0 amide bonds. The van der Waals surface area contributed by atoms with Crippen LogP contribution in [0.2, 0.25) is 0 Å². The fourth-order valence-electron chi connectivity index (χ4n) is 3.78. The van der Waals surface area contributed by atoms with Crippen LogP contribution in [-0.2, 0) is 0 Å². The minimum absolute atomic E-state index is 0.0563. The van der Waals surface area contributed by atoms with Gasteiger partial charge in [-0.25, -0.2) is 8.66 Å². The lowest BCUT2D eigenvalue weighted by molar-refractivity contribution is -0.584. The van der Waals surface area contributed by atoms with Gasteiger partial charge in [-0.2, -0.15) is 0 Å². The van der Waals surface area contributed by atoms with Gasteiger partial charge in [0.1, 0.15) is 0 Å². The Balaban J connectivity index is 3.49. The third kappa shape index (κ3) is 8.49. The Bertz CT molecular complexity index is 765. The normalized spacial score (nSPS) is 26.2. The molecule has 1 aliphatic heterocycles. The number of aliphatic hydroxyl groups is 2. The van der Waals surface area contributed by atoms with Gasteiger partial charge in [-0.15, -0.1) is 0 Å². The predicted octanol–water partition coefficient (Wildman–Crippen LogP) is 2.03. The van der Waals surface area contributed by atoms with E-state index in [0.717, 1.165) is 38.5 Å². The van der Waals surface area contributed by atoms with Gasteiger partial charge in [0.15, 0.2) is 26.2 Å². The summed E-state index contributed by atoms with van der Waals surface area (Å²) in [4.78, 5) is 22.4. The van der Waals surface area contributed by atoms with Crippen molar-refractivity contribution in [2.45, 2.75) is 13.8 Å². The van der Waals surface area contributed by atoms with Crippen LogP contribution >= 0.6 is 28.6 Å². The van der Waals surface area contributed by atoms with Crippen molar-refractivity contribution in [3.8, 4) is 0 Å². The first-order valence-electron chi connectivity index (χ1n) is 11.5. The monoisotopic (exact) mass is 534 g/mol. The molecule has 0 bridgehead atoms. The number of hydrogen-bond donors (Lipinski definition) is 4. The van der Waals surface area contributed by atoms with E-state index in [9.17, 15) is 20.0 Å². The van der Waals surface area contributed by atoms with E-state index < -0.39 is 28.6 Å². The van der Waals surface area contributed by atoms with Crippen molar-refractivity contribution >= 4 is 41.2 Å². The summed E-state index contributed by atoms with van der Waals surface area (Å²) in [6, 6.07) is 0. The molecule has 1 saturated heterocycles. The van der Waals surface area contributed by atoms with E-state index in [1.54, 1.807) is 0 Å². The molecule has 0 aromatic carbocycles. The molecule has 1 fully saturated rings. The molecule has 12 heteroatoms. The summed E-state index contributed by atoms with van der Waals surface area (Å²) < 4.78 is 9.03. The summed E-state index contributed by atoms with van der Waals surface area (Å²) >= 11 is 0. The van der Waals surface area contributed by atoms with Gasteiger partial charge < -0.3 is 20.0 Å². The van der Waals surface area contributed by atoms with E-state index in [-0.39, 0.29) is 12.7 Å². The molecule has 32 heavy (non-hydrogen) atoms. The summed E-state index contributed by atoms with van der Waals surface area (Å²) in [5.41, 5.74) is 0. The standard InChI is InChI=1S/C20H48N4O4P4/c1-9-31(7,27)23-15-13-21(29(3,4)19-25)11-12-22(30(5,6)20-26)14-16-24(18-17-23)32(8,28)10-2/h25-26H,3,5,9-20H2,1-2,4,6-8H3/p+2. The molecule has 1 aliphatic rings. The summed E-state index contributed by atoms with van der Waals surface area (Å²) in [5.74, 6) is 0. The Morgan fingerprint density at radius 2 is 0.969 bits per heavy atom. The average Bonchev–Trinajstić information content (AvgIpc) is 2.73. The van der Waals surface area contributed by atoms with Crippen molar-refractivity contribution in [1.29, 1.82) is 0 Å². The molecule has 1 rings (SSSR count). The van der Waals surface area contributed by atoms with Gasteiger partial charge in [0.2, 0.25) is 14.6 Å². The maximum absolute atomic E-state index is 11.2. The molecule has 8 nitrogen and oxygen atoms in total. The zero-order valence-corrected chi connectivity index (χ0v) is 24.8. The molecular weight excluding hydrogens is 484 g/mol. The Labute approximate surface area is 197 Å². The van der Waals surface area contributed by atoms with Gasteiger partial charge >= 0.3 is 0 Å². The van der Waals surface area contributed by atoms with Crippen LogP contribution in [0.1, 0.15) is 13.8 Å². The van der Waals surface area contributed by atoms with E-state index in [0.29, 0.717) is 26.2 Å². The number of nitrogens with zero attached hydrogens (tertiary/aromatic N) is 4. The van der Waals surface area contributed by atoms with Crippen molar-refractivity contribution in [2.24, 2.45) is 0 Å². The maximum Gasteiger partial charge on any atom is 0.216 e. The smallest absolute Gasteiger partial charge is 0.216 e. The third-order valence-corrected chi connectivity index (χ3v) is 17.2. The summed E-state index contributed by atoms with van der Waals surface area (Å²) in [6.07, 6.45) is 10.3. The number of hydrogen-bond acceptors (Lipinski definition) is 4. The second-order valence-corrected chi connectivity index (χ2v) is 23.4. The summed E-state index contributed by atoms with van der Waals surface area (Å²) in [6.45, 7) is 17.8. The molecule has 1 heterocycles. The molecule has 0 aromatic heterocycles. The second-order valence-electron chi connectivity index (χ2n) is 9.58. The van der Waals surface area contributed by atoms with E-state index in [4.69, 9.17) is 0 Å². The van der Waals surface area contributed by atoms with Crippen molar-refractivity contribution in [3.05, 3.63) is 0 Å². The molecule has 4 N–H and O–H groups in total. The van der Waals surface area contributed by atoms with Crippen LogP contribution in [0.15, 0.2) is 0 Å². The minimum Gasteiger partial charge on any atom is -0.391 e. The van der Waals surface area contributed by atoms with E-state index >= 15 is 0 Å². The first-order chi connectivity index (χ1) is 14.7. The van der Waals surface area contributed by atoms with Gasteiger partial charge in [0.25, 0.3) is 0 Å². The Kier molecular flexibility index (Phi) is 12.2. The van der Waals surface area contributed by atoms with Gasteiger partial charge in [0.05, 0.1) is 25.8 Å². The van der Waals surface area contributed by atoms with Gasteiger partial charge in [0, 0.05) is 38.7 Å². The maximum atomic E-state index is 11.2. The van der Waals surface area contributed by atoms with Crippen LogP contribution in [0.5, 0.6) is 0 Å². The van der Waals surface area contributed by atoms with Crippen LogP contribution in [0.25, 0.3) is 0 Å². The first kappa shape index (κ1) is 30.9. The van der Waals surface area contributed by atoms with Crippen LogP contribution in [0.4, 0.5) is 0 Å². The number of aliphatic hydroxyl groups excluding tert-OH is 2. The zero-order chi connectivity index (χ0) is 24.8. The lowest BCUT2D eigenvalue weighted by Crippen LogP contribution is -2.40. The molecule has 0 aromatic rings. The van der Waals surface area contributed by atoms with E-state index in [2.05, 4.69) is 43.9 Å². The topological polar surface area (TPSA) is 93.4 Å². The number of rotatable bonds is 6. The fourth-order valence-corrected chi connectivity index (χ4v) is 9.31. The van der Waals surface area contributed by atoms with Crippen molar-refractivity contribution in [2.75, 3.05) is 104 Å². The SMILES string of the molecule is C=P(C)(CO)N1CCN(P(=C)(C)CO)CC[N+](=P(C)(O)CC)CC[N+](=P(C)(O)CC)CC1. The summed E-state index contributed by atoms with van der Waals surface area (Å²) in [5, 5.41) is 20.1. The lowest BCUT2D eigenvalue weighted by atomic mass is 10.4. The molecule has 0 aliphatic carbocycles. The molecule has 4 atom stereocenters. The van der Waals surface area contributed by atoms with Crippen LogP contribution < -0.4 is 0 Å². The highest BCUT2D eigenvalue weighted by atomic mass is 31.2. The highest BCUT2D eigenvalue weighted by Gasteiger charge is 2.30. The predicted molar refractivity (Wildman–Crippen MR) is 148 cm³/mol. The molecule has 192 valence electrons. The van der Waals surface area contributed by atoms with Gasteiger partial charge in [-0.1, -0.05) is 26.4 Å². The zero-order valence-electron chi connectivity index (χ0n) is 21.3. The van der Waals surface area contributed by atoms with E-state index in [1.165, 1.54) is 0 Å². The van der Waals surface area contributed by atoms with Crippen molar-refractivity contribution < 1.29 is 28.7 Å². The van der Waals surface area contributed by atoms with Crippen LogP contribution in [-0.4, -0.2) is 155 Å². The highest BCUT2D eigenvalue weighted by molar-refractivity contribution is 7.71. The Hall–Kier alpha value is 0.820. The average molecular weight is 535 g/mol. The van der Waals surface area contributed by atoms with Crippen molar-refractivity contribution in [3.63, 3.8) is 0 Å². The first-order valence-corrected chi connectivity index (χ1v) is 21.2. The molecule has 0 spiro atoms. The quantitative estimate of drug-likeness (QED) is 0.390. The third-order valence-electron chi connectivity index (χ3n) is 6.86. The van der Waals surface area contributed by atoms with Crippen molar-refractivity contribution in [1.82, 2.24) is 9.34 Å². The fraction of sp³-hybridized carbons (Fsp3) is 0.900. The van der Waals surface area contributed by atoms with E-state index in [1.807, 2.05) is 27.2 Å². The lowest BCUT2D eigenvalue weighted by Gasteiger charge is -2.38. The molecule has 0 radical (unpaired) electrons. The Morgan fingerprint density at radius 1 is 0.656 bits per heavy atom. The molecular formula is C20H50N4O4P4+2. The molecule has 4 unspecified atom stereocenters. The van der Waals surface area contributed by atoms with Crippen LogP contribution in [0.3, 0.4) is 0 Å². The largest absolute Gasteiger partial charge is 0.391 e. The van der Waals surface area contributed by atoms with Gasteiger partial charge in [-0.3, -0.25) is 9.34 Å². The second kappa shape index (κ2) is 12.7. The Morgan fingerprint density at radius 3 is 1.22 bits per heavy atom. The van der Waals surface area contributed by atoms with Crippen LogP contribution in [0, 0.1) is 0 Å². The summed E-state index contributed by atoms with van der Waals surface area (Å²) in [7, 11) is -8.30. The molecule has 0 saturated carbocycles.